The van der Waals surface area contributed by atoms with Crippen LogP contribution in [0.5, 0.6) is 5.75 Å². The molecule has 2 aromatic rings. The van der Waals surface area contributed by atoms with Gasteiger partial charge in [0, 0.05) is 62.4 Å². The second-order valence-electron chi connectivity index (χ2n) is 7.14. The Morgan fingerprint density at radius 3 is 2.33 bits per heavy atom. The van der Waals surface area contributed by atoms with Crippen LogP contribution in [0.2, 0.25) is 0 Å². The number of hydrogen-bond acceptors (Lipinski definition) is 5. The van der Waals surface area contributed by atoms with E-state index in [9.17, 15) is 13.6 Å². The molecule has 1 aliphatic rings. The summed E-state index contributed by atoms with van der Waals surface area (Å²) in [5.41, 5.74) is 3.62. The highest BCUT2D eigenvalue weighted by molar-refractivity contribution is 5.81. The number of carbonyl (C=O) groups is 1. The van der Waals surface area contributed by atoms with E-state index in [0.29, 0.717) is 31.9 Å². The van der Waals surface area contributed by atoms with Crippen LogP contribution < -0.4 is 20.3 Å². The Labute approximate surface area is 175 Å². The Morgan fingerprint density at radius 2 is 1.77 bits per heavy atom. The van der Waals surface area contributed by atoms with Gasteiger partial charge in [0.1, 0.15) is 0 Å². The van der Waals surface area contributed by atoms with Gasteiger partial charge in [0.05, 0.1) is 13.7 Å². The predicted molar refractivity (Wildman–Crippen MR) is 116 cm³/mol. The Morgan fingerprint density at radius 1 is 1.10 bits per heavy atom. The lowest BCUT2D eigenvalue weighted by Crippen LogP contribution is -2.50. The van der Waals surface area contributed by atoms with Crippen molar-refractivity contribution in [2.45, 2.75) is 13.3 Å². The van der Waals surface area contributed by atoms with Crippen LogP contribution in [0.3, 0.4) is 0 Å². The summed E-state index contributed by atoms with van der Waals surface area (Å²) in [4.78, 5) is 16.2. The topological polar surface area (TPSA) is 56.8 Å². The van der Waals surface area contributed by atoms with Crippen LogP contribution in [0.1, 0.15) is 12.5 Å². The van der Waals surface area contributed by atoms with E-state index >= 15 is 0 Å². The molecule has 30 heavy (non-hydrogen) atoms. The van der Waals surface area contributed by atoms with Crippen LogP contribution in [-0.4, -0.2) is 57.7 Å². The molecule has 0 atom stereocenters. The van der Waals surface area contributed by atoms with E-state index in [1.165, 1.54) is 24.8 Å². The number of anilines is 3. The number of aryl methyl sites for hydroxylation is 1. The monoisotopic (exact) mass is 418 g/mol. The largest absolute Gasteiger partial charge is 0.491 e. The standard InChI is InChI=1S/C22H28F2N4O2/c1-4-15-11-16(5-6-20(15)25-2)26-14-21(29)28-9-7-27(8-10-28)17-12-18(23)22(30-3)19(24)13-17/h5-6,11-13,25-26H,4,7-10,14H2,1-3H3. The molecule has 0 radical (unpaired) electrons. The number of nitrogens with zero attached hydrogens (tertiary/aromatic N) is 2. The van der Waals surface area contributed by atoms with Crippen molar-refractivity contribution in [2.24, 2.45) is 0 Å². The van der Waals surface area contributed by atoms with Gasteiger partial charge in [0.25, 0.3) is 0 Å². The lowest BCUT2D eigenvalue weighted by atomic mass is 10.1. The fourth-order valence-electron chi connectivity index (χ4n) is 3.67. The highest BCUT2D eigenvalue weighted by atomic mass is 19.1. The second-order valence-corrected chi connectivity index (χ2v) is 7.14. The number of carbonyl (C=O) groups excluding carboxylic acids is 1. The molecule has 0 bridgehead atoms. The summed E-state index contributed by atoms with van der Waals surface area (Å²) in [5, 5.41) is 6.35. The number of methoxy groups -OCH3 is 1. The van der Waals surface area contributed by atoms with Crippen molar-refractivity contribution in [1.29, 1.82) is 0 Å². The van der Waals surface area contributed by atoms with E-state index < -0.39 is 11.6 Å². The summed E-state index contributed by atoms with van der Waals surface area (Å²) in [6, 6.07) is 8.52. The van der Waals surface area contributed by atoms with Crippen LogP contribution >= 0.6 is 0 Å². The van der Waals surface area contributed by atoms with Crippen molar-refractivity contribution < 1.29 is 18.3 Å². The first-order valence-corrected chi connectivity index (χ1v) is 10.1. The van der Waals surface area contributed by atoms with E-state index in [-0.39, 0.29) is 18.2 Å². The van der Waals surface area contributed by atoms with Crippen molar-refractivity contribution in [2.75, 3.05) is 62.4 Å². The van der Waals surface area contributed by atoms with Crippen LogP contribution in [0.4, 0.5) is 25.8 Å². The molecule has 0 spiro atoms. The molecule has 2 N–H and O–H groups in total. The molecule has 1 heterocycles. The molecule has 0 saturated carbocycles. The highest BCUT2D eigenvalue weighted by Crippen LogP contribution is 2.28. The molecule has 1 fully saturated rings. The number of rotatable bonds is 7. The van der Waals surface area contributed by atoms with Crippen molar-refractivity contribution in [3.63, 3.8) is 0 Å². The van der Waals surface area contributed by atoms with Crippen LogP contribution in [-0.2, 0) is 11.2 Å². The average Bonchev–Trinajstić information content (AvgIpc) is 2.77. The maximum absolute atomic E-state index is 14.0. The smallest absolute Gasteiger partial charge is 0.241 e. The fourth-order valence-corrected chi connectivity index (χ4v) is 3.67. The molecule has 0 unspecified atom stereocenters. The van der Waals surface area contributed by atoms with Crippen molar-refractivity contribution in [1.82, 2.24) is 4.90 Å². The Bertz CT molecular complexity index is 876. The lowest BCUT2D eigenvalue weighted by molar-refractivity contribution is -0.129. The molecule has 1 saturated heterocycles. The van der Waals surface area contributed by atoms with Gasteiger partial charge in [-0.1, -0.05) is 6.92 Å². The number of piperazine rings is 1. The van der Waals surface area contributed by atoms with Crippen molar-refractivity contribution in [3.8, 4) is 5.75 Å². The quantitative estimate of drug-likeness (QED) is 0.722. The Kier molecular flexibility index (Phi) is 6.97. The summed E-state index contributed by atoms with van der Waals surface area (Å²) in [6.45, 7) is 4.30. The fraction of sp³-hybridized carbons (Fsp3) is 0.409. The van der Waals surface area contributed by atoms with Crippen LogP contribution in [0.25, 0.3) is 0 Å². The van der Waals surface area contributed by atoms with Crippen molar-refractivity contribution >= 4 is 23.0 Å². The number of halogens is 2. The Balaban J connectivity index is 1.54. The lowest BCUT2D eigenvalue weighted by Gasteiger charge is -2.36. The van der Waals surface area contributed by atoms with Gasteiger partial charge in [-0.3, -0.25) is 4.79 Å². The van der Waals surface area contributed by atoms with Crippen LogP contribution in [0.15, 0.2) is 30.3 Å². The first-order valence-electron chi connectivity index (χ1n) is 10.1. The molecule has 1 amide bonds. The molecule has 3 rings (SSSR count). The molecular weight excluding hydrogens is 390 g/mol. The molecule has 0 aliphatic carbocycles. The first kappa shape index (κ1) is 21.7. The molecule has 8 heteroatoms. The molecule has 6 nitrogen and oxygen atoms in total. The van der Waals surface area contributed by atoms with Gasteiger partial charge in [0.15, 0.2) is 17.4 Å². The minimum Gasteiger partial charge on any atom is -0.491 e. The minimum absolute atomic E-state index is 0.00233. The summed E-state index contributed by atoms with van der Waals surface area (Å²) in [6.07, 6.45) is 0.897. The number of benzene rings is 2. The van der Waals surface area contributed by atoms with E-state index in [4.69, 9.17) is 4.74 Å². The van der Waals surface area contributed by atoms with Gasteiger partial charge < -0.3 is 25.2 Å². The third kappa shape index (κ3) is 4.75. The number of amides is 1. The van der Waals surface area contributed by atoms with Gasteiger partial charge in [-0.2, -0.15) is 0 Å². The molecule has 162 valence electrons. The van der Waals surface area contributed by atoms with Gasteiger partial charge in [-0.15, -0.1) is 0 Å². The Hall–Kier alpha value is -3.03. The summed E-state index contributed by atoms with van der Waals surface area (Å²) < 4.78 is 32.7. The maximum atomic E-state index is 14.0. The molecular formula is C22H28F2N4O2. The van der Waals surface area contributed by atoms with E-state index in [0.717, 1.165) is 17.8 Å². The highest BCUT2D eigenvalue weighted by Gasteiger charge is 2.23. The number of ether oxygens (including phenoxy) is 1. The molecule has 0 aromatic heterocycles. The maximum Gasteiger partial charge on any atom is 0.241 e. The van der Waals surface area contributed by atoms with E-state index in [1.54, 1.807) is 4.90 Å². The third-order valence-corrected chi connectivity index (χ3v) is 5.38. The number of hydrogen-bond donors (Lipinski definition) is 2. The van der Waals surface area contributed by atoms with Gasteiger partial charge in [0.2, 0.25) is 5.91 Å². The second kappa shape index (κ2) is 9.65. The zero-order valence-corrected chi connectivity index (χ0v) is 17.6. The summed E-state index contributed by atoms with van der Waals surface area (Å²) in [7, 11) is 3.12. The molecule has 1 aliphatic heterocycles. The zero-order chi connectivity index (χ0) is 21.7. The minimum atomic E-state index is -0.731. The summed E-state index contributed by atoms with van der Waals surface area (Å²) >= 11 is 0. The van der Waals surface area contributed by atoms with E-state index in [1.807, 2.05) is 30.1 Å². The summed E-state index contributed by atoms with van der Waals surface area (Å²) in [5.74, 6) is -1.85. The van der Waals surface area contributed by atoms with Gasteiger partial charge in [-0.25, -0.2) is 8.78 Å². The van der Waals surface area contributed by atoms with Crippen LogP contribution in [0, 0.1) is 11.6 Å². The SMILES string of the molecule is CCc1cc(NCC(=O)N2CCN(c3cc(F)c(OC)c(F)c3)CC2)ccc1NC. The van der Waals surface area contributed by atoms with E-state index in [2.05, 4.69) is 17.6 Å². The third-order valence-electron chi connectivity index (χ3n) is 5.38. The zero-order valence-electron chi connectivity index (χ0n) is 17.6. The van der Waals surface area contributed by atoms with Crippen molar-refractivity contribution in [3.05, 3.63) is 47.5 Å². The average molecular weight is 418 g/mol. The predicted octanol–water partition coefficient (Wildman–Crippen LogP) is 3.34. The first-order chi connectivity index (χ1) is 14.5. The van der Waals surface area contributed by atoms with Gasteiger partial charge in [-0.05, 0) is 30.2 Å². The van der Waals surface area contributed by atoms with Gasteiger partial charge >= 0.3 is 0 Å². The molecule has 2 aromatic carbocycles. The number of nitrogens with one attached hydrogen (secondary N) is 2. The normalized spacial score (nSPS) is 13.9.